The van der Waals surface area contributed by atoms with Crippen LogP contribution in [0.2, 0.25) is 0 Å². The monoisotopic (exact) mass is 170 g/mol. The molecule has 2 fully saturated rings. The average Bonchev–Trinajstić information content (AvgIpc) is 2.86. The second-order valence-electron chi connectivity index (χ2n) is 4.06. The lowest BCUT2D eigenvalue weighted by Crippen LogP contribution is -2.52. The summed E-state index contributed by atoms with van der Waals surface area (Å²) < 4.78 is 5.76. The van der Waals surface area contributed by atoms with Crippen molar-refractivity contribution in [3.8, 4) is 0 Å². The van der Waals surface area contributed by atoms with Gasteiger partial charge in [0.05, 0.1) is 12.7 Å². The van der Waals surface area contributed by atoms with Gasteiger partial charge in [-0.3, -0.25) is 0 Å². The molecular weight excluding hydrogens is 152 g/mol. The maximum atomic E-state index is 5.76. The molecule has 3 heteroatoms. The number of ether oxygens (including phenoxy) is 1. The van der Waals surface area contributed by atoms with Gasteiger partial charge in [-0.15, -0.1) is 0 Å². The lowest BCUT2D eigenvalue weighted by molar-refractivity contribution is -0.0306. The average molecular weight is 170 g/mol. The van der Waals surface area contributed by atoms with Crippen molar-refractivity contribution in [1.82, 2.24) is 10.2 Å². The molecule has 2 aliphatic rings. The smallest absolute Gasteiger partial charge is 0.0883 e. The van der Waals surface area contributed by atoms with Gasteiger partial charge < -0.3 is 15.0 Å². The Hall–Kier alpha value is -0.120. The molecule has 70 valence electrons. The standard InChI is InChI=1S/C9H18N2O/c1-11(2)9(3-4-9)8-7-10-5-6-12-8/h8,10H,3-7H2,1-2H3. The number of hydrogen-bond donors (Lipinski definition) is 1. The van der Waals surface area contributed by atoms with Gasteiger partial charge in [0.1, 0.15) is 0 Å². The predicted molar refractivity (Wildman–Crippen MR) is 48.3 cm³/mol. The molecule has 1 N–H and O–H groups in total. The summed E-state index contributed by atoms with van der Waals surface area (Å²) in [5.41, 5.74) is 0.368. The third kappa shape index (κ3) is 1.26. The fraction of sp³-hybridized carbons (Fsp3) is 1.00. The van der Waals surface area contributed by atoms with E-state index in [1.807, 2.05) is 0 Å². The highest BCUT2D eigenvalue weighted by atomic mass is 16.5. The van der Waals surface area contributed by atoms with Crippen LogP contribution in [0.3, 0.4) is 0 Å². The summed E-state index contributed by atoms with van der Waals surface area (Å²) in [4.78, 5) is 2.32. The van der Waals surface area contributed by atoms with Gasteiger partial charge >= 0.3 is 0 Å². The lowest BCUT2D eigenvalue weighted by atomic mass is 10.1. The molecule has 3 nitrogen and oxygen atoms in total. The van der Waals surface area contributed by atoms with E-state index in [2.05, 4.69) is 24.3 Å². The Morgan fingerprint density at radius 1 is 1.42 bits per heavy atom. The SMILES string of the molecule is CN(C)C1(C2CNCCO2)CC1. The first-order valence-corrected chi connectivity index (χ1v) is 4.75. The maximum Gasteiger partial charge on any atom is 0.0883 e. The van der Waals surface area contributed by atoms with Gasteiger partial charge in [-0.05, 0) is 26.9 Å². The number of morpholine rings is 1. The molecule has 1 saturated heterocycles. The van der Waals surface area contributed by atoms with Crippen molar-refractivity contribution in [2.24, 2.45) is 0 Å². The van der Waals surface area contributed by atoms with Crippen molar-refractivity contribution >= 4 is 0 Å². The third-order valence-corrected chi connectivity index (χ3v) is 3.18. The highest BCUT2D eigenvalue weighted by Gasteiger charge is 2.52. The molecular formula is C9H18N2O. The zero-order valence-corrected chi connectivity index (χ0v) is 7.97. The molecule has 2 rings (SSSR count). The number of likely N-dealkylation sites (N-methyl/N-ethyl adjacent to an activating group) is 1. The first-order valence-electron chi connectivity index (χ1n) is 4.75. The van der Waals surface area contributed by atoms with E-state index < -0.39 is 0 Å². The molecule has 1 heterocycles. The number of rotatable bonds is 2. The molecule has 12 heavy (non-hydrogen) atoms. The first kappa shape index (κ1) is 8.48. The highest BCUT2D eigenvalue weighted by Crippen LogP contribution is 2.44. The minimum atomic E-state index is 0.368. The van der Waals surface area contributed by atoms with Gasteiger partial charge in [-0.2, -0.15) is 0 Å². The maximum absolute atomic E-state index is 5.76. The summed E-state index contributed by atoms with van der Waals surface area (Å²) in [7, 11) is 4.32. The van der Waals surface area contributed by atoms with Crippen LogP contribution in [0.25, 0.3) is 0 Å². The van der Waals surface area contributed by atoms with Crippen molar-refractivity contribution in [1.29, 1.82) is 0 Å². The Morgan fingerprint density at radius 2 is 2.17 bits per heavy atom. The fourth-order valence-electron chi connectivity index (χ4n) is 2.10. The quantitative estimate of drug-likeness (QED) is 0.634. The molecule has 0 aromatic rings. The third-order valence-electron chi connectivity index (χ3n) is 3.18. The summed E-state index contributed by atoms with van der Waals surface area (Å²) in [5, 5.41) is 3.38. The Kier molecular flexibility index (Phi) is 2.10. The van der Waals surface area contributed by atoms with E-state index in [9.17, 15) is 0 Å². The molecule has 0 bridgehead atoms. The van der Waals surface area contributed by atoms with Gasteiger partial charge in [-0.25, -0.2) is 0 Å². The van der Waals surface area contributed by atoms with Crippen LogP contribution in [0.5, 0.6) is 0 Å². The van der Waals surface area contributed by atoms with E-state index in [0.29, 0.717) is 11.6 Å². The van der Waals surface area contributed by atoms with Crippen LogP contribution in [-0.2, 0) is 4.74 Å². The molecule has 0 radical (unpaired) electrons. The number of nitrogens with zero attached hydrogens (tertiary/aromatic N) is 1. The molecule has 1 saturated carbocycles. The molecule has 1 unspecified atom stereocenters. The van der Waals surface area contributed by atoms with Gasteiger partial charge in [-0.1, -0.05) is 0 Å². The Bertz CT molecular complexity index is 160. The molecule has 1 atom stereocenters. The van der Waals surface area contributed by atoms with Crippen molar-refractivity contribution in [3.05, 3.63) is 0 Å². The number of hydrogen-bond acceptors (Lipinski definition) is 3. The van der Waals surface area contributed by atoms with Crippen molar-refractivity contribution in [2.75, 3.05) is 33.8 Å². The molecule has 0 spiro atoms. The Morgan fingerprint density at radius 3 is 2.58 bits per heavy atom. The Balaban J connectivity index is 1.97. The van der Waals surface area contributed by atoms with Crippen LogP contribution in [0, 0.1) is 0 Å². The van der Waals surface area contributed by atoms with Crippen LogP contribution in [0.1, 0.15) is 12.8 Å². The minimum Gasteiger partial charge on any atom is -0.374 e. The van der Waals surface area contributed by atoms with Crippen molar-refractivity contribution in [2.45, 2.75) is 24.5 Å². The summed E-state index contributed by atoms with van der Waals surface area (Å²) >= 11 is 0. The first-order chi connectivity index (χ1) is 5.76. The van der Waals surface area contributed by atoms with Crippen LogP contribution in [0.15, 0.2) is 0 Å². The van der Waals surface area contributed by atoms with Gasteiger partial charge in [0.2, 0.25) is 0 Å². The predicted octanol–water partition coefficient (Wildman–Crippen LogP) is 0.0690. The molecule has 0 amide bonds. The second kappa shape index (κ2) is 2.98. The fourth-order valence-corrected chi connectivity index (χ4v) is 2.10. The molecule has 1 aliphatic carbocycles. The number of nitrogens with one attached hydrogen (secondary N) is 1. The zero-order chi connectivity index (χ0) is 8.60. The van der Waals surface area contributed by atoms with Crippen LogP contribution in [0.4, 0.5) is 0 Å². The topological polar surface area (TPSA) is 24.5 Å². The zero-order valence-electron chi connectivity index (χ0n) is 7.97. The van der Waals surface area contributed by atoms with E-state index in [1.165, 1.54) is 12.8 Å². The highest BCUT2D eigenvalue weighted by molar-refractivity contribution is 5.09. The van der Waals surface area contributed by atoms with E-state index in [0.717, 1.165) is 19.7 Å². The van der Waals surface area contributed by atoms with Crippen LogP contribution >= 0.6 is 0 Å². The van der Waals surface area contributed by atoms with E-state index in [-0.39, 0.29) is 0 Å². The van der Waals surface area contributed by atoms with Gasteiger partial charge in [0.25, 0.3) is 0 Å². The van der Waals surface area contributed by atoms with E-state index in [1.54, 1.807) is 0 Å². The normalized spacial score (nSPS) is 33.8. The van der Waals surface area contributed by atoms with E-state index in [4.69, 9.17) is 4.74 Å². The summed E-state index contributed by atoms with van der Waals surface area (Å²) in [5.74, 6) is 0. The molecule has 0 aromatic heterocycles. The molecule has 0 aromatic carbocycles. The lowest BCUT2D eigenvalue weighted by Gasteiger charge is -2.35. The largest absolute Gasteiger partial charge is 0.374 e. The summed E-state index contributed by atoms with van der Waals surface area (Å²) in [6, 6.07) is 0. The summed E-state index contributed by atoms with van der Waals surface area (Å²) in [6.45, 7) is 2.92. The van der Waals surface area contributed by atoms with Gasteiger partial charge in [0, 0.05) is 18.6 Å². The Labute approximate surface area is 74.1 Å². The minimum absolute atomic E-state index is 0.368. The van der Waals surface area contributed by atoms with Crippen molar-refractivity contribution in [3.63, 3.8) is 0 Å². The van der Waals surface area contributed by atoms with E-state index >= 15 is 0 Å². The van der Waals surface area contributed by atoms with Gasteiger partial charge in [0.15, 0.2) is 0 Å². The second-order valence-corrected chi connectivity index (χ2v) is 4.06. The summed E-state index contributed by atoms with van der Waals surface area (Å²) in [6.07, 6.45) is 3.01. The van der Waals surface area contributed by atoms with Crippen molar-refractivity contribution < 1.29 is 4.74 Å². The molecule has 1 aliphatic heterocycles. The van der Waals surface area contributed by atoms with Crippen LogP contribution in [-0.4, -0.2) is 50.3 Å². The van der Waals surface area contributed by atoms with Crippen LogP contribution < -0.4 is 5.32 Å².